The fourth-order valence-corrected chi connectivity index (χ4v) is 3.12. The van der Waals surface area contributed by atoms with Crippen LogP contribution in [-0.2, 0) is 6.54 Å². The van der Waals surface area contributed by atoms with Gasteiger partial charge in [-0.15, -0.1) is 22.6 Å². The van der Waals surface area contributed by atoms with Crippen LogP contribution >= 0.6 is 12.4 Å². The lowest BCUT2D eigenvalue weighted by Crippen LogP contribution is -2.04. The van der Waals surface area contributed by atoms with Gasteiger partial charge in [0, 0.05) is 23.9 Å². The Hall–Kier alpha value is -3.39. The Kier molecular flexibility index (Phi) is 6.37. The summed E-state index contributed by atoms with van der Waals surface area (Å²) in [5.41, 5.74) is 5.46. The molecule has 0 fully saturated rings. The van der Waals surface area contributed by atoms with Gasteiger partial charge in [-0.2, -0.15) is 0 Å². The van der Waals surface area contributed by atoms with E-state index in [1.54, 1.807) is 13.4 Å². The minimum atomic E-state index is 0. The van der Waals surface area contributed by atoms with Crippen LogP contribution in [0.3, 0.4) is 0 Å². The van der Waals surface area contributed by atoms with Crippen molar-refractivity contribution in [3.05, 3.63) is 65.6 Å². The Morgan fingerprint density at radius 1 is 1.10 bits per heavy atom. The normalized spacial score (nSPS) is 10.5. The molecule has 156 valence electrons. The van der Waals surface area contributed by atoms with Crippen molar-refractivity contribution in [2.24, 2.45) is 0 Å². The molecule has 0 saturated carbocycles. The van der Waals surface area contributed by atoms with E-state index in [-0.39, 0.29) is 12.4 Å². The highest BCUT2D eigenvalue weighted by Crippen LogP contribution is 2.29. The highest BCUT2D eigenvalue weighted by atomic mass is 35.5. The topological polar surface area (TPSA) is 90.9 Å². The molecule has 1 N–H and O–H groups in total. The molecule has 0 saturated heterocycles. The third-order valence-corrected chi connectivity index (χ3v) is 4.76. The maximum absolute atomic E-state index is 5.57. The Morgan fingerprint density at radius 2 is 1.93 bits per heavy atom. The van der Waals surface area contributed by atoms with Gasteiger partial charge in [-0.1, -0.05) is 11.2 Å². The van der Waals surface area contributed by atoms with E-state index in [1.165, 1.54) is 0 Å². The number of halogens is 1. The summed E-state index contributed by atoms with van der Waals surface area (Å²) in [7, 11) is 1.65. The van der Waals surface area contributed by atoms with E-state index in [4.69, 9.17) is 9.26 Å². The van der Waals surface area contributed by atoms with Crippen molar-refractivity contribution >= 4 is 18.2 Å². The summed E-state index contributed by atoms with van der Waals surface area (Å²) in [6.07, 6.45) is 3.73. The van der Waals surface area contributed by atoms with Crippen LogP contribution in [0.2, 0.25) is 0 Å². The molecule has 0 spiro atoms. The van der Waals surface area contributed by atoms with Gasteiger partial charge in [-0.3, -0.25) is 0 Å². The molecule has 0 amide bonds. The monoisotopic (exact) mass is 426 g/mol. The summed E-state index contributed by atoms with van der Waals surface area (Å²) in [5, 5.41) is 15.8. The second-order valence-corrected chi connectivity index (χ2v) is 6.77. The summed E-state index contributed by atoms with van der Waals surface area (Å²) in [4.78, 5) is 4.27. The first-order valence-electron chi connectivity index (χ1n) is 9.24. The molecular weight excluding hydrogens is 404 g/mol. The molecule has 0 bridgehead atoms. The van der Waals surface area contributed by atoms with Crippen LogP contribution < -0.4 is 10.1 Å². The van der Waals surface area contributed by atoms with Crippen molar-refractivity contribution in [3.8, 4) is 22.7 Å². The molecule has 1 aromatic carbocycles. The third-order valence-electron chi connectivity index (χ3n) is 4.76. The van der Waals surface area contributed by atoms with Crippen LogP contribution in [0.5, 0.6) is 5.75 Å². The van der Waals surface area contributed by atoms with Crippen molar-refractivity contribution in [1.82, 2.24) is 24.9 Å². The predicted octanol–water partition coefficient (Wildman–Crippen LogP) is 4.29. The number of aryl methyl sites for hydroxylation is 3. The summed E-state index contributed by atoms with van der Waals surface area (Å²) in [6.45, 7) is 6.36. The van der Waals surface area contributed by atoms with E-state index in [9.17, 15) is 0 Å². The number of ether oxygens (including phenoxy) is 1. The van der Waals surface area contributed by atoms with Gasteiger partial charge in [0.1, 0.15) is 17.3 Å². The van der Waals surface area contributed by atoms with Gasteiger partial charge >= 0.3 is 0 Å². The first kappa shape index (κ1) is 21.3. The average Bonchev–Trinajstić information content (AvgIpc) is 3.31. The SMILES string of the molecule is COc1cc(-c2ccc(NCc3c(C)noc3C)nn2)ccc1-n1cnc(C)c1.Cl. The number of nitrogens with zero attached hydrogens (tertiary/aromatic N) is 5. The van der Waals surface area contributed by atoms with Crippen LogP contribution in [-0.4, -0.2) is 32.0 Å². The molecule has 0 aliphatic carbocycles. The van der Waals surface area contributed by atoms with Crippen molar-refractivity contribution in [3.63, 3.8) is 0 Å². The molecule has 0 aliphatic rings. The van der Waals surface area contributed by atoms with Crippen LogP contribution in [0, 0.1) is 20.8 Å². The van der Waals surface area contributed by atoms with Crippen LogP contribution in [0.1, 0.15) is 22.7 Å². The van der Waals surface area contributed by atoms with Crippen molar-refractivity contribution in [2.75, 3.05) is 12.4 Å². The molecule has 9 heteroatoms. The summed E-state index contributed by atoms with van der Waals surface area (Å²) >= 11 is 0. The Labute approximate surface area is 180 Å². The van der Waals surface area contributed by atoms with Gasteiger partial charge in [-0.05, 0) is 45.0 Å². The van der Waals surface area contributed by atoms with E-state index >= 15 is 0 Å². The molecule has 0 radical (unpaired) electrons. The zero-order valence-corrected chi connectivity index (χ0v) is 18.0. The van der Waals surface area contributed by atoms with Crippen molar-refractivity contribution in [2.45, 2.75) is 27.3 Å². The largest absolute Gasteiger partial charge is 0.495 e. The van der Waals surface area contributed by atoms with Crippen molar-refractivity contribution < 1.29 is 9.26 Å². The predicted molar refractivity (Wildman–Crippen MR) is 116 cm³/mol. The number of imidazole rings is 1. The average molecular weight is 427 g/mol. The number of hydrogen-bond donors (Lipinski definition) is 1. The second-order valence-electron chi connectivity index (χ2n) is 6.77. The molecule has 30 heavy (non-hydrogen) atoms. The standard InChI is InChI=1S/C21H22N6O2.ClH/c1-13-11-27(12-23-13)19-7-5-16(9-20(19)28-4)18-6-8-21(25-24-18)22-10-17-14(2)26-29-15(17)3;/h5-9,11-12H,10H2,1-4H3,(H,22,25);1H. The van der Waals surface area contributed by atoms with Gasteiger partial charge in [0.05, 0.1) is 36.2 Å². The van der Waals surface area contributed by atoms with Crippen LogP contribution in [0.4, 0.5) is 5.82 Å². The number of anilines is 1. The minimum absolute atomic E-state index is 0. The molecule has 4 rings (SSSR count). The van der Waals surface area contributed by atoms with Gasteiger partial charge in [-0.25, -0.2) is 4.98 Å². The van der Waals surface area contributed by atoms with E-state index in [2.05, 4.69) is 25.7 Å². The van der Waals surface area contributed by atoms with Gasteiger partial charge in [0.15, 0.2) is 0 Å². The number of methoxy groups -OCH3 is 1. The quantitative estimate of drug-likeness (QED) is 0.491. The van der Waals surface area contributed by atoms with Gasteiger partial charge in [0.25, 0.3) is 0 Å². The second kappa shape index (κ2) is 8.96. The zero-order valence-electron chi connectivity index (χ0n) is 17.2. The Morgan fingerprint density at radius 3 is 2.53 bits per heavy atom. The molecule has 3 aromatic heterocycles. The number of rotatable bonds is 6. The van der Waals surface area contributed by atoms with E-state index in [0.717, 1.165) is 45.4 Å². The molecule has 3 heterocycles. The molecule has 0 atom stereocenters. The zero-order chi connectivity index (χ0) is 20.4. The van der Waals surface area contributed by atoms with Crippen molar-refractivity contribution in [1.29, 1.82) is 0 Å². The summed E-state index contributed by atoms with van der Waals surface area (Å²) < 4.78 is 12.7. The number of aromatic nitrogens is 5. The molecule has 4 aromatic rings. The lowest BCUT2D eigenvalue weighted by atomic mass is 10.1. The first-order chi connectivity index (χ1) is 14.0. The highest BCUT2D eigenvalue weighted by molar-refractivity contribution is 5.85. The fourth-order valence-electron chi connectivity index (χ4n) is 3.12. The van der Waals surface area contributed by atoms with E-state index < -0.39 is 0 Å². The van der Waals surface area contributed by atoms with E-state index in [1.807, 2.05) is 61.9 Å². The molecular formula is C21H23ClN6O2. The highest BCUT2D eigenvalue weighted by Gasteiger charge is 2.11. The van der Waals surface area contributed by atoms with Gasteiger partial charge < -0.3 is 19.1 Å². The lowest BCUT2D eigenvalue weighted by Gasteiger charge is -2.11. The molecule has 8 nitrogen and oxygen atoms in total. The lowest BCUT2D eigenvalue weighted by molar-refractivity contribution is 0.392. The minimum Gasteiger partial charge on any atom is -0.495 e. The Bertz CT molecular complexity index is 1120. The number of benzene rings is 1. The fraction of sp³-hybridized carbons (Fsp3) is 0.238. The summed E-state index contributed by atoms with van der Waals surface area (Å²) in [6, 6.07) is 9.76. The maximum atomic E-state index is 5.57. The maximum Gasteiger partial charge on any atom is 0.148 e. The van der Waals surface area contributed by atoms with E-state index in [0.29, 0.717) is 12.4 Å². The van der Waals surface area contributed by atoms with Crippen LogP contribution in [0.15, 0.2) is 47.4 Å². The van der Waals surface area contributed by atoms with Crippen LogP contribution in [0.25, 0.3) is 16.9 Å². The molecule has 0 unspecified atom stereocenters. The van der Waals surface area contributed by atoms with Gasteiger partial charge in [0.2, 0.25) is 0 Å². The number of nitrogens with one attached hydrogen (secondary N) is 1. The number of hydrogen-bond acceptors (Lipinski definition) is 7. The first-order valence-corrected chi connectivity index (χ1v) is 9.24. The Balaban J connectivity index is 0.00000256. The molecule has 0 aliphatic heterocycles. The third kappa shape index (κ3) is 4.28. The smallest absolute Gasteiger partial charge is 0.148 e. The summed E-state index contributed by atoms with van der Waals surface area (Å²) in [5.74, 6) is 2.23.